The fraction of sp³-hybridized carbons (Fsp3) is 0.333. The average molecular weight is 541 g/mol. The predicted octanol–water partition coefficient (Wildman–Crippen LogP) is 4.94. The molecule has 8 heteroatoms. The molecule has 7 nitrogen and oxygen atoms in total. The van der Waals surface area contributed by atoms with Crippen LogP contribution in [-0.4, -0.2) is 55.0 Å². The number of rotatable bonds is 11. The highest BCUT2D eigenvalue weighted by Crippen LogP contribution is 2.29. The Bertz CT molecular complexity index is 1140. The third-order valence-corrected chi connectivity index (χ3v) is 6.57. The zero-order chi connectivity index (χ0) is 24.8. The van der Waals surface area contributed by atoms with Gasteiger partial charge >= 0.3 is 0 Å². The number of benzene rings is 2. The first kappa shape index (κ1) is 24.9. The number of ether oxygens (including phenoxy) is 2. The summed E-state index contributed by atoms with van der Waals surface area (Å²) in [6.07, 6.45) is 4.05. The monoisotopic (exact) mass is 540 g/mol. The molecular weight excluding hydrogens is 512 g/mol. The molecular formula is C27H29BrN2O5. The molecule has 0 spiro atoms. The second kappa shape index (κ2) is 11.4. The number of carbonyl (C=O) groups is 2. The molecule has 2 aromatic carbocycles. The largest absolute Gasteiger partial charge is 0.493 e. The van der Waals surface area contributed by atoms with E-state index in [0.717, 1.165) is 22.9 Å². The number of amides is 2. The van der Waals surface area contributed by atoms with E-state index in [2.05, 4.69) is 15.9 Å². The molecule has 35 heavy (non-hydrogen) atoms. The topological polar surface area (TPSA) is 72.2 Å². The average Bonchev–Trinajstić information content (AvgIpc) is 3.59. The standard InChI is InChI=1S/C27H29BrN2O5/c1-33-24-12-5-19(16-25(24)34-2)13-14-29(17-23-4-3-15-35-23)26(31)18-30(22-10-11-22)27(32)20-6-8-21(28)9-7-20/h3-9,12,15-16,22H,10-11,13-14,17-18H2,1-2H3. The van der Waals surface area contributed by atoms with Crippen LogP contribution in [0.25, 0.3) is 0 Å². The molecule has 0 atom stereocenters. The van der Waals surface area contributed by atoms with Gasteiger partial charge in [-0.05, 0) is 73.4 Å². The lowest BCUT2D eigenvalue weighted by Crippen LogP contribution is -2.44. The zero-order valence-electron chi connectivity index (χ0n) is 19.9. The second-order valence-electron chi connectivity index (χ2n) is 8.51. The quantitative estimate of drug-likeness (QED) is 0.344. The van der Waals surface area contributed by atoms with E-state index in [1.165, 1.54) is 0 Å². The smallest absolute Gasteiger partial charge is 0.254 e. The lowest BCUT2D eigenvalue weighted by molar-refractivity contribution is -0.132. The third kappa shape index (κ3) is 6.45. The van der Waals surface area contributed by atoms with Crippen molar-refractivity contribution in [3.8, 4) is 11.5 Å². The summed E-state index contributed by atoms with van der Waals surface area (Å²) in [5, 5.41) is 0. The van der Waals surface area contributed by atoms with Gasteiger partial charge in [0.15, 0.2) is 11.5 Å². The van der Waals surface area contributed by atoms with Crippen LogP contribution in [0.4, 0.5) is 0 Å². The van der Waals surface area contributed by atoms with E-state index in [9.17, 15) is 9.59 Å². The maximum atomic E-state index is 13.5. The Labute approximate surface area is 213 Å². The molecule has 1 aromatic heterocycles. The van der Waals surface area contributed by atoms with Crippen LogP contribution < -0.4 is 9.47 Å². The van der Waals surface area contributed by atoms with Crippen LogP contribution in [0.3, 0.4) is 0 Å². The van der Waals surface area contributed by atoms with Crippen molar-refractivity contribution < 1.29 is 23.5 Å². The number of halogens is 1. The van der Waals surface area contributed by atoms with Gasteiger partial charge in [0.1, 0.15) is 12.3 Å². The van der Waals surface area contributed by atoms with Crippen LogP contribution in [-0.2, 0) is 17.8 Å². The number of methoxy groups -OCH3 is 2. The molecule has 2 amide bonds. The highest BCUT2D eigenvalue weighted by atomic mass is 79.9. The van der Waals surface area contributed by atoms with Gasteiger partial charge in [0.05, 0.1) is 27.0 Å². The van der Waals surface area contributed by atoms with Crippen LogP contribution in [0.1, 0.15) is 34.5 Å². The molecule has 0 bridgehead atoms. The van der Waals surface area contributed by atoms with Gasteiger partial charge in [-0.25, -0.2) is 0 Å². The Morgan fingerprint density at radius 1 is 1.03 bits per heavy atom. The van der Waals surface area contributed by atoms with Crippen molar-refractivity contribution >= 4 is 27.7 Å². The van der Waals surface area contributed by atoms with Gasteiger partial charge in [-0.1, -0.05) is 22.0 Å². The van der Waals surface area contributed by atoms with Crippen LogP contribution in [0.15, 0.2) is 69.8 Å². The summed E-state index contributed by atoms with van der Waals surface area (Å²) in [6.45, 7) is 0.844. The van der Waals surface area contributed by atoms with Gasteiger partial charge in [0.2, 0.25) is 5.91 Å². The first-order valence-corrected chi connectivity index (χ1v) is 12.4. The summed E-state index contributed by atoms with van der Waals surface area (Å²) < 4.78 is 17.1. The van der Waals surface area contributed by atoms with Crippen molar-refractivity contribution in [1.82, 2.24) is 9.80 Å². The lowest BCUT2D eigenvalue weighted by Gasteiger charge is -2.27. The molecule has 1 saturated carbocycles. The van der Waals surface area contributed by atoms with E-state index in [0.29, 0.717) is 42.3 Å². The van der Waals surface area contributed by atoms with Gasteiger partial charge < -0.3 is 23.7 Å². The summed E-state index contributed by atoms with van der Waals surface area (Å²) in [5.74, 6) is 1.77. The van der Waals surface area contributed by atoms with Crippen molar-refractivity contribution in [2.24, 2.45) is 0 Å². The molecule has 4 rings (SSSR count). The zero-order valence-corrected chi connectivity index (χ0v) is 21.5. The van der Waals surface area contributed by atoms with Gasteiger partial charge in [-0.2, -0.15) is 0 Å². The summed E-state index contributed by atoms with van der Waals surface area (Å²) in [6, 6.07) is 16.7. The van der Waals surface area contributed by atoms with Crippen LogP contribution in [0.5, 0.6) is 11.5 Å². The Kier molecular flexibility index (Phi) is 8.13. The maximum Gasteiger partial charge on any atom is 0.254 e. The summed E-state index contributed by atoms with van der Waals surface area (Å²) in [5.41, 5.74) is 1.60. The van der Waals surface area contributed by atoms with Crippen molar-refractivity contribution in [1.29, 1.82) is 0 Å². The normalized spacial score (nSPS) is 12.8. The Hall–Kier alpha value is -3.26. The van der Waals surface area contributed by atoms with E-state index < -0.39 is 0 Å². The van der Waals surface area contributed by atoms with Crippen molar-refractivity contribution in [3.63, 3.8) is 0 Å². The van der Waals surface area contributed by atoms with Crippen molar-refractivity contribution in [3.05, 3.63) is 82.2 Å². The Morgan fingerprint density at radius 3 is 2.40 bits per heavy atom. The Balaban J connectivity index is 1.48. The molecule has 1 aliphatic carbocycles. The number of carbonyl (C=O) groups excluding carboxylic acids is 2. The molecule has 0 N–H and O–H groups in total. The highest BCUT2D eigenvalue weighted by Gasteiger charge is 2.35. The minimum Gasteiger partial charge on any atom is -0.493 e. The first-order valence-electron chi connectivity index (χ1n) is 11.6. The lowest BCUT2D eigenvalue weighted by atomic mass is 10.1. The molecule has 1 aliphatic rings. The van der Waals surface area contributed by atoms with E-state index in [1.54, 1.807) is 48.5 Å². The van der Waals surface area contributed by atoms with Crippen LogP contribution in [0, 0.1) is 0 Å². The number of nitrogens with zero attached hydrogens (tertiary/aromatic N) is 2. The van der Waals surface area contributed by atoms with Gasteiger partial charge in [-0.3, -0.25) is 9.59 Å². The molecule has 3 aromatic rings. The molecule has 1 heterocycles. The van der Waals surface area contributed by atoms with Gasteiger partial charge in [-0.15, -0.1) is 0 Å². The number of hydrogen-bond acceptors (Lipinski definition) is 5. The van der Waals surface area contributed by atoms with E-state index in [1.807, 2.05) is 36.4 Å². The van der Waals surface area contributed by atoms with Gasteiger partial charge in [0, 0.05) is 22.6 Å². The molecule has 0 aliphatic heterocycles. The highest BCUT2D eigenvalue weighted by molar-refractivity contribution is 9.10. The summed E-state index contributed by atoms with van der Waals surface area (Å²) in [7, 11) is 3.20. The minimum absolute atomic E-state index is 0.0339. The summed E-state index contributed by atoms with van der Waals surface area (Å²) >= 11 is 3.40. The van der Waals surface area contributed by atoms with E-state index in [4.69, 9.17) is 13.9 Å². The summed E-state index contributed by atoms with van der Waals surface area (Å²) in [4.78, 5) is 30.2. The van der Waals surface area contributed by atoms with Gasteiger partial charge in [0.25, 0.3) is 5.91 Å². The third-order valence-electron chi connectivity index (χ3n) is 6.04. The molecule has 0 unspecified atom stereocenters. The van der Waals surface area contributed by atoms with Crippen LogP contribution in [0.2, 0.25) is 0 Å². The van der Waals surface area contributed by atoms with E-state index >= 15 is 0 Å². The number of hydrogen-bond donors (Lipinski definition) is 0. The van der Waals surface area contributed by atoms with Crippen molar-refractivity contribution in [2.75, 3.05) is 27.3 Å². The maximum absolute atomic E-state index is 13.5. The molecule has 0 saturated heterocycles. The first-order chi connectivity index (χ1) is 17.0. The van der Waals surface area contributed by atoms with E-state index in [-0.39, 0.29) is 24.4 Å². The SMILES string of the molecule is COc1ccc(CCN(Cc2ccco2)C(=O)CN(C(=O)c2ccc(Br)cc2)C2CC2)cc1OC. The fourth-order valence-electron chi connectivity index (χ4n) is 3.94. The minimum atomic E-state index is -0.119. The Morgan fingerprint density at radius 2 is 1.77 bits per heavy atom. The molecule has 1 fully saturated rings. The fourth-order valence-corrected chi connectivity index (χ4v) is 4.20. The molecule has 0 radical (unpaired) electrons. The van der Waals surface area contributed by atoms with Crippen LogP contribution >= 0.6 is 15.9 Å². The second-order valence-corrected chi connectivity index (χ2v) is 9.42. The number of furan rings is 1. The molecule has 184 valence electrons. The van der Waals surface area contributed by atoms with Crippen molar-refractivity contribution in [2.45, 2.75) is 31.8 Å². The predicted molar refractivity (Wildman–Crippen MR) is 136 cm³/mol.